The lowest BCUT2D eigenvalue weighted by atomic mass is 9.95. The van der Waals surface area contributed by atoms with E-state index in [0.29, 0.717) is 41.8 Å². The number of hydrogen-bond donors (Lipinski definition) is 13. The van der Waals surface area contributed by atoms with Crippen molar-refractivity contribution in [2.24, 2.45) is 5.73 Å². The van der Waals surface area contributed by atoms with Gasteiger partial charge in [-0.15, -0.1) is 13.2 Å². The number of H-pyrrole nitrogens is 1. The number of amides is 5. The number of urea groups is 1. The van der Waals surface area contributed by atoms with E-state index in [-0.39, 0.29) is 18.4 Å². The number of nitrogens with two attached hydrogens (primary N) is 1. The minimum atomic E-state index is -4.81. The van der Waals surface area contributed by atoms with E-state index in [2.05, 4.69) is 25.6 Å². The molecular weight excluding hydrogens is 1030 g/mol. The van der Waals surface area contributed by atoms with Gasteiger partial charge in [0.2, 0.25) is 11.8 Å². The normalized spacial score (nSPS) is 30.4. The molecular formula is C45H57F3N8O20. The number of aliphatic hydroxyl groups excluding tert-OH is 7. The lowest BCUT2D eigenvalue weighted by molar-refractivity contribution is -0.346. The largest absolute Gasteiger partial charge is 0.573 e. The highest BCUT2D eigenvalue weighted by Crippen LogP contribution is 2.32. The number of aliphatic hydroxyl groups is 7. The van der Waals surface area contributed by atoms with E-state index in [1.807, 2.05) is 22.4 Å². The molecule has 15 atom stereocenters. The van der Waals surface area contributed by atoms with Crippen LogP contribution in [0.25, 0.3) is 0 Å². The Balaban J connectivity index is 0.975. The third-order valence-electron chi connectivity index (χ3n) is 12.8. The Morgan fingerprint density at radius 2 is 1.41 bits per heavy atom. The number of ether oxygens (including phenoxy) is 7. The highest BCUT2D eigenvalue weighted by molar-refractivity contribution is 5.85. The SMILES string of the molecule is CC(=O)N[C@@H]1[C@@H](O[C@@H]2O[C@H](COC(=O)N[C@H](C(N)=O)[C@H]3O[C@@H](n4ccc(=O)[nH]c4=O)C(O)[C@H]3O)C(O)[C@H](O)[C@H]2NC(=O)NCc2ccc(N3CCC(Oc4ccc(OC(F)(F)F)cc4)CC3)cc2)O[C@@H](CO)[C@@H](O)[C@H]1O. The van der Waals surface area contributed by atoms with Crippen LogP contribution in [0.3, 0.4) is 0 Å². The van der Waals surface area contributed by atoms with Gasteiger partial charge < -0.3 is 101 Å². The van der Waals surface area contributed by atoms with Crippen LogP contribution in [-0.4, -0.2) is 194 Å². The second kappa shape index (κ2) is 24.6. The molecule has 0 spiro atoms. The van der Waals surface area contributed by atoms with Crippen molar-refractivity contribution in [3.05, 3.63) is 87.2 Å². The van der Waals surface area contributed by atoms with E-state index in [9.17, 15) is 77.7 Å². The first-order valence-corrected chi connectivity index (χ1v) is 23.5. The maximum absolute atomic E-state index is 13.5. The number of halogens is 3. The monoisotopic (exact) mass is 1090 g/mol. The fourth-order valence-electron chi connectivity index (χ4n) is 8.87. The first-order valence-electron chi connectivity index (χ1n) is 23.5. The van der Waals surface area contributed by atoms with Gasteiger partial charge in [-0.25, -0.2) is 14.4 Å². The van der Waals surface area contributed by atoms with Gasteiger partial charge in [-0.3, -0.25) is 23.9 Å². The predicted molar refractivity (Wildman–Crippen MR) is 246 cm³/mol. The van der Waals surface area contributed by atoms with Crippen LogP contribution in [0.1, 0.15) is 31.6 Å². The zero-order chi connectivity index (χ0) is 55.2. The van der Waals surface area contributed by atoms with Crippen LogP contribution in [0.5, 0.6) is 11.5 Å². The molecule has 3 aromatic rings. The molecule has 4 saturated heterocycles. The van der Waals surface area contributed by atoms with Crippen LogP contribution in [0, 0.1) is 0 Å². The second-order valence-electron chi connectivity index (χ2n) is 18.0. The summed E-state index contributed by atoms with van der Waals surface area (Å²) in [6.45, 7) is 0.332. The third-order valence-corrected chi connectivity index (χ3v) is 12.8. The number of carbonyl (C=O) groups is 4. The Morgan fingerprint density at radius 1 is 0.803 bits per heavy atom. The van der Waals surface area contributed by atoms with Crippen LogP contribution in [0.2, 0.25) is 0 Å². The van der Waals surface area contributed by atoms with Crippen LogP contribution >= 0.6 is 0 Å². The zero-order valence-electron chi connectivity index (χ0n) is 40.0. The first-order chi connectivity index (χ1) is 36.0. The molecule has 2 unspecified atom stereocenters. The maximum Gasteiger partial charge on any atom is 0.573 e. The van der Waals surface area contributed by atoms with E-state index in [1.54, 1.807) is 12.1 Å². The molecule has 0 saturated carbocycles. The fraction of sp³-hybridized carbons (Fsp3) is 0.556. The van der Waals surface area contributed by atoms with Crippen molar-refractivity contribution in [3.8, 4) is 11.5 Å². The Bertz CT molecular complexity index is 2590. The highest BCUT2D eigenvalue weighted by Gasteiger charge is 2.53. The topological polar surface area (TPSA) is 407 Å². The van der Waals surface area contributed by atoms with Crippen LogP contribution in [0.4, 0.5) is 28.4 Å². The van der Waals surface area contributed by atoms with Crippen molar-refractivity contribution < 1.29 is 101 Å². The molecule has 14 N–H and O–H groups in total. The molecule has 2 aromatic carbocycles. The summed E-state index contributed by atoms with van der Waals surface area (Å²) in [5, 5.41) is 85.0. The lowest BCUT2D eigenvalue weighted by Crippen LogP contribution is -2.69. The van der Waals surface area contributed by atoms with E-state index in [4.69, 9.17) is 34.2 Å². The van der Waals surface area contributed by atoms with Gasteiger partial charge in [0.05, 0.1) is 6.61 Å². The number of alkyl halides is 3. The number of nitrogens with zero attached hydrogens (tertiary/aromatic N) is 2. The van der Waals surface area contributed by atoms with Crippen molar-refractivity contribution >= 4 is 29.6 Å². The van der Waals surface area contributed by atoms with Crippen LogP contribution < -0.4 is 52.6 Å². The van der Waals surface area contributed by atoms with E-state index < -0.39 is 147 Å². The number of hydrogen-bond acceptors (Lipinski definition) is 21. The number of rotatable bonds is 17. The van der Waals surface area contributed by atoms with E-state index >= 15 is 0 Å². The average Bonchev–Trinajstić information content (AvgIpc) is 3.66. The van der Waals surface area contributed by atoms with Crippen molar-refractivity contribution in [3.63, 3.8) is 0 Å². The lowest BCUT2D eigenvalue weighted by Gasteiger charge is -2.47. The molecule has 0 aliphatic carbocycles. The molecule has 0 radical (unpaired) electrons. The summed E-state index contributed by atoms with van der Waals surface area (Å²) in [5.74, 6) is -2.03. The van der Waals surface area contributed by atoms with Gasteiger partial charge in [-0.2, -0.15) is 0 Å². The Kier molecular flexibility index (Phi) is 18.4. The fourth-order valence-corrected chi connectivity index (χ4v) is 8.87. The van der Waals surface area contributed by atoms with E-state index in [0.717, 1.165) is 24.9 Å². The summed E-state index contributed by atoms with van der Waals surface area (Å²) in [7, 11) is 0. The van der Waals surface area contributed by atoms with Gasteiger partial charge in [0.1, 0.15) is 97.3 Å². The minimum Gasteiger partial charge on any atom is -0.490 e. The molecule has 418 valence electrons. The number of anilines is 1. The molecule has 76 heavy (non-hydrogen) atoms. The number of piperidine rings is 1. The summed E-state index contributed by atoms with van der Waals surface area (Å²) in [6, 6.07) is 6.94. The van der Waals surface area contributed by atoms with E-state index in [1.165, 1.54) is 24.3 Å². The van der Waals surface area contributed by atoms with Gasteiger partial charge in [0.15, 0.2) is 18.8 Å². The molecule has 4 aliphatic heterocycles. The summed E-state index contributed by atoms with van der Waals surface area (Å²) in [4.78, 5) is 79.3. The van der Waals surface area contributed by atoms with Gasteiger partial charge in [0, 0.05) is 57.4 Å². The summed E-state index contributed by atoms with van der Waals surface area (Å²) >= 11 is 0. The Hall–Kier alpha value is -6.65. The molecule has 5 amide bonds. The van der Waals surface area contributed by atoms with Gasteiger partial charge in [0.25, 0.3) is 5.56 Å². The number of nitrogens with one attached hydrogen (secondary N) is 5. The number of aromatic nitrogens is 2. The molecule has 7 rings (SSSR count). The van der Waals surface area contributed by atoms with Gasteiger partial charge >= 0.3 is 24.2 Å². The molecule has 1 aromatic heterocycles. The predicted octanol–water partition coefficient (Wildman–Crippen LogP) is -4.04. The number of primary amides is 1. The number of benzene rings is 2. The standard InChI is InChI=1S/C45H57F3N8O20/c1-19(58)51-28-33(62)31(60)25(17-57)72-40(28)75-41-29(53-42(67)50-16-20-2-4-21(5-3-20)55-13-10-23(11-14-55)71-22-6-8-24(9-7-22)76-45(46,47)48)34(63)32(61)26(73-41)18-70-44(69)54-30(38(49)66)37-35(64)36(65)39(74-37)56-15-12-27(59)52-43(56)68/h2-9,12,15,23,25-26,28-37,39-41,57,60-65H,10-11,13-14,16-18H2,1H3,(H2,49,66)(H,51,58)(H,54,69)(H2,50,53,67)(H,52,59,68)/t25-,26+,28-,29+,30-,31+,32?,33-,34+,35+,36?,37+,39+,40+,41-/m0/s1. The quantitative estimate of drug-likeness (QED) is 0.0612. The minimum absolute atomic E-state index is 0.0861. The smallest absolute Gasteiger partial charge is 0.490 e. The molecule has 5 heterocycles. The van der Waals surface area contributed by atoms with Crippen molar-refractivity contribution in [1.82, 2.24) is 30.8 Å². The molecule has 0 bridgehead atoms. The van der Waals surface area contributed by atoms with Crippen LogP contribution in [0.15, 0.2) is 70.4 Å². The average molecular weight is 1090 g/mol. The Labute approximate surface area is 427 Å². The highest BCUT2D eigenvalue weighted by atomic mass is 19.4. The van der Waals surface area contributed by atoms with Crippen molar-refractivity contribution in [2.75, 3.05) is 31.2 Å². The number of aromatic amines is 1. The van der Waals surface area contributed by atoms with Gasteiger partial charge in [-0.1, -0.05) is 12.1 Å². The second-order valence-corrected chi connectivity index (χ2v) is 18.0. The van der Waals surface area contributed by atoms with Crippen molar-refractivity contribution in [1.29, 1.82) is 0 Å². The third kappa shape index (κ3) is 14.0. The maximum atomic E-state index is 13.5. The molecule has 4 aliphatic rings. The summed E-state index contributed by atoms with van der Waals surface area (Å²) < 4.78 is 76.4. The number of carbonyl (C=O) groups excluding carboxylic acids is 4. The van der Waals surface area contributed by atoms with Crippen molar-refractivity contribution in [2.45, 2.75) is 131 Å². The zero-order valence-corrected chi connectivity index (χ0v) is 40.0. The van der Waals surface area contributed by atoms with Crippen LogP contribution in [-0.2, 0) is 39.8 Å². The van der Waals surface area contributed by atoms with Gasteiger partial charge in [-0.05, 0) is 42.0 Å². The summed E-state index contributed by atoms with van der Waals surface area (Å²) in [5.41, 5.74) is 5.10. The summed E-state index contributed by atoms with van der Waals surface area (Å²) in [6.07, 6.45) is -26.3. The molecule has 28 nitrogen and oxygen atoms in total. The molecule has 4 fully saturated rings. The molecule has 31 heteroatoms. The first kappa shape index (κ1) is 57.1. The number of alkyl carbamates (subject to hydrolysis) is 1. The Morgan fingerprint density at radius 3 is 2.00 bits per heavy atom.